The summed E-state index contributed by atoms with van der Waals surface area (Å²) in [4.78, 5) is 28.2. The van der Waals surface area contributed by atoms with Crippen molar-refractivity contribution in [2.75, 3.05) is 32.7 Å². The lowest BCUT2D eigenvalue weighted by Crippen LogP contribution is -2.51. The van der Waals surface area contributed by atoms with Crippen molar-refractivity contribution in [3.8, 4) is 0 Å². The van der Waals surface area contributed by atoms with Gasteiger partial charge in [-0.1, -0.05) is 6.07 Å². The quantitative estimate of drug-likeness (QED) is 0.884. The second-order valence-electron chi connectivity index (χ2n) is 6.39. The minimum absolute atomic E-state index is 0.0817. The van der Waals surface area contributed by atoms with Crippen molar-refractivity contribution in [2.45, 2.75) is 13.5 Å². The predicted octanol–water partition coefficient (Wildman–Crippen LogP) is 1.80. The number of carbonyl (C=O) groups is 2. The molecule has 0 spiro atoms. The van der Waals surface area contributed by atoms with Gasteiger partial charge in [-0.2, -0.15) is 0 Å². The molecule has 0 bridgehead atoms. The van der Waals surface area contributed by atoms with Crippen LogP contribution in [0.15, 0.2) is 41.0 Å². The molecular formula is C19H22FN3O3. The Balaban J connectivity index is 1.45. The van der Waals surface area contributed by atoms with E-state index in [2.05, 4.69) is 5.32 Å². The maximum Gasteiger partial charge on any atom is 0.254 e. The van der Waals surface area contributed by atoms with Crippen LogP contribution in [-0.4, -0.2) is 54.3 Å². The zero-order chi connectivity index (χ0) is 18.5. The fourth-order valence-electron chi connectivity index (χ4n) is 2.88. The zero-order valence-electron chi connectivity index (χ0n) is 14.7. The van der Waals surface area contributed by atoms with E-state index in [1.54, 1.807) is 42.4 Å². The van der Waals surface area contributed by atoms with Gasteiger partial charge >= 0.3 is 0 Å². The molecule has 0 saturated carbocycles. The van der Waals surface area contributed by atoms with Crippen LogP contribution in [0.2, 0.25) is 0 Å². The number of piperazine rings is 1. The molecule has 1 saturated heterocycles. The number of hydrogen-bond acceptors (Lipinski definition) is 4. The fraction of sp³-hybridized carbons (Fsp3) is 0.368. The van der Waals surface area contributed by atoms with E-state index in [0.717, 1.165) is 0 Å². The van der Waals surface area contributed by atoms with Crippen molar-refractivity contribution >= 4 is 11.8 Å². The number of halogens is 1. The Labute approximate surface area is 151 Å². The number of furan rings is 1. The molecule has 6 nitrogen and oxygen atoms in total. The number of aryl methyl sites for hydroxylation is 1. The van der Waals surface area contributed by atoms with Crippen molar-refractivity contribution in [2.24, 2.45) is 0 Å². The third kappa shape index (κ3) is 4.49. The molecule has 1 aliphatic rings. The normalized spacial score (nSPS) is 15.1. The number of benzene rings is 1. The minimum Gasteiger partial charge on any atom is -0.467 e. The second kappa shape index (κ2) is 8.14. The number of rotatable bonds is 5. The van der Waals surface area contributed by atoms with Gasteiger partial charge in [0.25, 0.3) is 5.91 Å². The summed E-state index contributed by atoms with van der Waals surface area (Å²) >= 11 is 0. The van der Waals surface area contributed by atoms with Crippen molar-refractivity contribution in [1.29, 1.82) is 0 Å². The highest BCUT2D eigenvalue weighted by Gasteiger charge is 2.23. The molecule has 138 valence electrons. The van der Waals surface area contributed by atoms with Crippen molar-refractivity contribution in [1.82, 2.24) is 15.1 Å². The number of hydrogen-bond donors (Lipinski definition) is 1. The monoisotopic (exact) mass is 359 g/mol. The first-order valence-corrected chi connectivity index (χ1v) is 8.60. The molecule has 26 heavy (non-hydrogen) atoms. The second-order valence-corrected chi connectivity index (χ2v) is 6.39. The van der Waals surface area contributed by atoms with Gasteiger partial charge in [0.15, 0.2) is 0 Å². The molecule has 2 heterocycles. The van der Waals surface area contributed by atoms with E-state index >= 15 is 0 Å². The Hall–Kier alpha value is -2.67. The first-order valence-electron chi connectivity index (χ1n) is 8.60. The van der Waals surface area contributed by atoms with Gasteiger partial charge in [0.05, 0.1) is 19.4 Å². The molecule has 2 amide bonds. The SMILES string of the molecule is Cc1ccc(C(=O)N2CCN(CC(=O)NCc3ccco3)CC2)cc1F. The van der Waals surface area contributed by atoms with Crippen molar-refractivity contribution in [3.05, 3.63) is 59.3 Å². The predicted molar refractivity (Wildman–Crippen MR) is 94.0 cm³/mol. The standard InChI is InChI=1S/C19H22FN3O3/c1-14-4-5-15(11-17(14)20)19(25)23-8-6-22(7-9-23)13-18(24)21-12-16-3-2-10-26-16/h2-5,10-11H,6-9,12-13H2,1H3,(H,21,24). The number of amides is 2. The average Bonchev–Trinajstić information content (AvgIpc) is 3.16. The molecule has 0 radical (unpaired) electrons. The van der Waals surface area contributed by atoms with E-state index in [-0.39, 0.29) is 24.2 Å². The van der Waals surface area contributed by atoms with Crippen molar-refractivity contribution in [3.63, 3.8) is 0 Å². The smallest absolute Gasteiger partial charge is 0.254 e. The molecule has 0 unspecified atom stereocenters. The maximum atomic E-state index is 13.7. The highest BCUT2D eigenvalue weighted by molar-refractivity contribution is 5.94. The number of carbonyl (C=O) groups excluding carboxylic acids is 2. The Bertz CT molecular complexity index is 768. The van der Waals surface area contributed by atoms with Gasteiger partial charge in [-0.15, -0.1) is 0 Å². The van der Waals surface area contributed by atoms with E-state index in [1.165, 1.54) is 6.07 Å². The van der Waals surface area contributed by atoms with Gasteiger partial charge in [-0.3, -0.25) is 14.5 Å². The third-order valence-electron chi connectivity index (χ3n) is 4.49. The van der Waals surface area contributed by atoms with Crippen LogP contribution in [0.1, 0.15) is 21.7 Å². The molecule has 0 atom stereocenters. The summed E-state index contributed by atoms with van der Waals surface area (Å²) in [6.07, 6.45) is 1.57. The van der Waals surface area contributed by atoms with E-state index in [4.69, 9.17) is 4.42 Å². The van der Waals surface area contributed by atoms with Crippen LogP contribution in [0.3, 0.4) is 0 Å². The Morgan fingerprint density at radius 1 is 1.19 bits per heavy atom. The molecule has 1 aromatic heterocycles. The molecule has 0 aliphatic carbocycles. The van der Waals surface area contributed by atoms with Crippen LogP contribution in [0.5, 0.6) is 0 Å². The average molecular weight is 359 g/mol. The Morgan fingerprint density at radius 3 is 2.62 bits per heavy atom. The summed E-state index contributed by atoms with van der Waals surface area (Å²) in [5, 5.41) is 2.81. The van der Waals surface area contributed by atoms with Crippen LogP contribution in [-0.2, 0) is 11.3 Å². The molecule has 1 N–H and O–H groups in total. The molecule has 7 heteroatoms. The van der Waals surface area contributed by atoms with Gasteiger partial charge in [-0.25, -0.2) is 4.39 Å². The van der Waals surface area contributed by atoms with E-state index in [1.807, 2.05) is 4.90 Å². The minimum atomic E-state index is -0.372. The van der Waals surface area contributed by atoms with Crippen LogP contribution in [0.4, 0.5) is 4.39 Å². The molecule has 3 rings (SSSR count). The summed E-state index contributed by atoms with van der Waals surface area (Å²) < 4.78 is 18.8. The molecule has 2 aromatic rings. The highest BCUT2D eigenvalue weighted by Crippen LogP contribution is 2.13. The summed E-state index contributed by atoms with van der Waals surface area (Å²) in [6, 6.07) is 8.12. The summed E-state index contributed by atoms with van der Waals surface area (Å²) in [7, 11) is 0. The number of nitrogens with one attached hydrogen (secondary N) is 1. The summed E-state index contributed by atoms with van der Waals surface area (Å²) in [6.45, 7) is 4.55. The first-order chi connectivity index (χ1) is 12.5. The fourth-order valence-corrected chi connectivity index (χ4v) is 2.88. The van der Waals surface area contributed by atoms with Gasteiger partial charge in [0.2, 0.25) is 5.91 Å². The zero-order valence-corrected chi connectivity index (χ0v) is 14.7. The molecule has 1 aromatic carbocycles. The lowest BCUT2D eigenvalue weighted by atomic mass is 10.1. The van der Waals surface area contributed by atoms with Gasteiger partial charge in [0.1, 0.15) is 11.6 Å². The lowest BCUT2D eigenvalue weighted by Gasteiger charge is -2.34. The van der Waals surface area contributed by atoms with Crippen LogP contribution in [0.25, 0.3) is 0 Å². The summed E-state index contributed by atoms with van der Waals surface area (Å²) in [5.41, 5.74) is 0.879. The van der Waals surface area contributed by atoms with E-state index in [0.29, 0.717) is 49.6 Å². The maximum absolute atomic E-state index is 13.7. The van der Waals surface area contributed by atoms with Crippen LogP contribution in [0, 0.1) is 12.7 Å². The molecule has 1 aliphatic heterocycles. The Morgan fingerprint density at radius 2 is 1.96 bits per heavy atom. The van der Waals surface area contributed by atoms with Gasteiger partial charge < -0.3 is 14.6 Å². The van der Waals surface area contributed by atoms with E-state index in [9.17, 15) is 14.0 Å². The van der Waals surface area contributed by atoms with E-state index < -0.39 is 0 Å². The Kier molecular flexibility index (Phi) is 5.68. The highest BCUT2D eigenvalue weighted by atomic mass is 19.1. The largest absolute Gasteiger partial charge is 0.467 e. The molecular weight excluding hydrogens is 337 g/mol. The third-order valence-corrected chi connectivity index (χ3v) is 4.49. The topological polar surface area (TPSA) is 65.8 Å². The van der Waals surface area contributed by atoms with Crippen LogP contribution < -0.4 is 5.32 Å². The van der Waals surface area contributed by atoms with Gasteiger partial charge in [-0.05, 0) is 36.8 Å². The first kappa shape index (κ1) is 18.1. The molecule has 1 fully saturated rings. The van der Waals surface area contributed by atoms with Crippen LogP contribution >= 0.6 is 0 Å². The summed E-state index contributed by atoms with van der Waals surface area (Å²) in [5.74, 6) is 0.0782. The number of nitrogens with zero attached hydrogens (tertiary/aromatic N) is 2. The van der Waals surface area contributed by atoms with Gasteiger partial charge in [0, 0.05) is 31.7 Å². The lowest BCUT2D eigenvalue weighted by molar-refractivity contribution is -0.122. The van der Waals surface area contributed by atoms with Crippen molar-refractivity contribution < 1.29 is 18.4 Å².